The fourth-order valence-electron chi connectivity index (χ4n) is 1.78. The summed E-state index contributed by atoms with van der Waals surface area (Å²) in [5.74, 6) is -1.31. The van der Waals surface area contributed by atoms with Crippen molar-refractivity contribution in [3.8, 4) is 0 Å². The third-order valence-electron chi connectivity index (χ3n) is 2.64. The van der Waals surface area contributed by atoms with Crippen molar-refractivity contribution < 1.29 is 23.9 Å². The number of hydrogen-bond acceptors (Lipinski definition) is 5. The number of aryl methyl sites for hydroxylation is 2. The summed E-state index contributed by atoms with van der Waals surface area (Å²) >= 11 is 0. The van der Waals surface area contributed by atoms with Crippen molar-refractivity contribution in [2.75, 3.05) is 26.9 Å². The third kappa shape index (κ3) is 6.36. The third-order valence-corrected chi connectivity index (χ3v) is 2.64. The average Bonchev–Trinajstić information content (AvgIpc) is 2.44. The largest absolute Gasteiger partial charge is 0.452 e. The fourth-order valence-corrected chi connectivity index (χ4v) is 1.78. The van der Waals surface area contributed by atoms with Crippen molar-refractivity contribution in [1.29, 1.82) is 0 Å². The molecule has 0 atom stereocenters. The van der Waals surface area contributed by atoms with E-state index in [4.69, 9.17) is 9.47 Å². The van der Waals surface area contributed by atoms with Gasteiger partial charge in [-0.3, -0.25) is 10.1 Å². The monoisotopic (exact) mass is 308 g/mol. The first kappa shape index (κ1) is 17.6. The first-order chi connectivity index (χ1) is 10.4. The Morgan fingerprint density at radius 1 is 1.09 bits per heavy atom. The van der Waals surface area contributed by atoms with Crippen LogP contribution < -0.4 is 10.6 Å². The summed E-state index contributed by atoms with van der Waals surface area (Å²) in [6.45, 7) is 3.81. The molecule has 120 valence electrons. The van der Waals surface area contributed by atoms with Crippen molar-refractivity contribution >= 4 is 17.9 Å². The Hall–Kier alpha value is -2.41. The van der Waals surface area contributed by atoms with Crippen molar-refractivity contribution in [2.45, 2.75) is 13.8 Å². The number of amides is 3. The molecule has 7 heteroatoms. The topological polar surface area (TPSA) is 93.7 Å². The quantitative estimate of drug-likeness (QED) is 0.602. The number of methoxy groups -OCH3 is 1. The Morgan fingerprint density at radius 3 is 2.32 bits per heavy atom. The second-order valence-corrected chi connectivity index (χ2v) is 4.75. The Morgan fingerprint density at radius 2 is 1.73 bits per heavy atom. The molecule has 0 saturated carbocycles. The second kappa shape index (κ2) is 8.78. The number of urea groups is 1. The van der Waals surface area contributed by atoms with E-state index in [1.807, 2.05) is 25.2 Å². The highest BCUT2D eigenvalue weighted by molar-refractivity contribution is 5.97. The number of esters is 1. The van der Waals surface area contributed by atoms with E-state index in [1.165, 1.54) is 7.11 Å². The lowest BCUT2D eigenvalue weighted by atomic mass is 10.1. The van der Waals surface area contributed by atoms with E-state index in [-0.39, 0.29) is 6.54 Å². The number of benzene rings is 1. The minimum Gasteiger partial charge on any atom is -0.452 e. The molecule has 0 aliphatic rings. The van der Waals surface area contributed by atoms with Gasteiger partial charge < -0.3 is 14.8 Å². The minimum absolute atomic E-state index is 0.276. The molecule has 2 N–H and O–H groups in total. The molecule has 22 heavy (non-hydrogen) atoms. The van der Waals surface area contributed by atoms with Gasteiger partial charge in [-0.2, -0.15) is 0 Å². The Bertz CT molecular complexity index is 537. The van der Waals surface area contributed by atoms with Crippen molar-refractivity contribution in [3.05, 3.63) is 34.9 Å². The molecule has 0 radical (unpaired) electrons. The molecule has 0 spiro atoms. The fraction of sp³-hybridized carbons (Fsp3) is 0.400. The number of rotatable bonds is 6. The molecule has 0 aliphatic carbocycles. The van der Waals surface area contributed by atoms with E-state index in [0.717, 1.165) is 11.1 Å². The summed E-state index contributed by atoms with van der Waals surface area (Å²) in [4.78, 5) is 34.6. The van der Waals surface area contributed by atoms with E-state index < -0.39 is 24.5 Å². The molecule has 0 aliphatic heterocycles. The zero-order valence-corrected chi connectivity index (χ0v) is 12.9. The maximum absolute atomic E-state index is 11.8. The highest BCUT2D eigenvalue weighted by atomic mass is 16.5. The molecule has 3 amide bonds. The first-order valence-electron chi connectivity index (χ1n) is 6.74. The number of imide groups is 1. The molecule has 1 rings (SSSR count). The van der Waals surface area contributed by atoms with Crippen LogP contribution in [0.2, 0.25) is 0 Å². The van der Waals surface area contributed by atoms with Gasteiger partial charge in [-0.25, -0.2) is 9.59 Å². The molecule has 0 unspecified atom stereocenters. The lowest BCUT2D eigenvalue weighted by Crippen LogP contribution is -2.42. The van der Waals surface area contributed by atoms with E-state index in [9.17, 15) is 14.4 Å². The summed E-state index contributed by atoms with van der Waals surface area (Å²) in [5, 5.41) is 4.46. The Kier molecular flexibility index (Phi) is 7.04. The van der Waals surface area contributed by atoms with Gasteiger partial charge in [0.15, 0.2) is 6.61 Å². The van der Waals surface area contributed by atoms with Gasteiger partial charge in [0.2, 0.25) is 0 Å². The van der Waals surface area contributed by atoms with Crippen LogP contribution >= 0.6 is 0 Å². The highest BCUT2D eigenvalue weighted by Crippen LogP contribution is 2.09. The average molecular weight is 308 g/mol. The number of hydrogen-bond donors (Lipinski definition) is 2. The van der Waals surface area contributed by atoms with Crippen LogP contribution in [0.3, 0.4) is 0 Å². The van der Waals surface area contributed by atoms with Gasteiger partial charge in [-0.05, 0) is 26.0 Å². The SMILES string of the molecule is COCCNC(=O)NC(=O)COC(=O)c1cc(C)cc(C)c1. The predicted molar refractivity (Wildman–Crippen MR) is 79.6 cm³/mol. The molecule has 0 aromatic heterocycles. The smallest absolute Gasteiger partial charge is 0.338 e. The molecule has 0 fully saturated rings. The van der Waals surface area contributed by atoms with Gasteiger partial charge in [0.1, 0.15) is 0 Å². The molecule has 0 saturated heterocycles. The molecule has 7 nitrogen and oxygen atoms in total. The van der Waals surface area contributed by atoms with Gasteiger partial charge >= 0.3 is 12.0 Å². The molecule has 0 bridgehead atoms. The molecule has 1 aromatic rings. The van der Waals surface area contributed by atoms with E-state index in [1.54, 1.807) is 12.1 Å². The Balaban J connectivity index is 2.40. The van der Waals surface area contributed by atoms with Crippen LogP contribution in [-0.4, -0.2) is 44.8 Å². The van der Waals surface area contributed by atoms with Crippen LogP contribution in [0.15, 0.2) is 18.2 Å². The zero-order chi connectivity index (χ0) is 16.5. The Labute approximate surface area is 129 Å². The predicted octanol–water partition coefficient (Wildman–Crippen LogP) is 0.932. The highest BCUT2D eigenvalue weighted by Gasteiger charge is 2.12. The van der Waals surface area contributed by atoms with Gasteiger partial charge in [-0.15, -0.1) is 0 Å². The standard InChI is InChI=1S/C15H20N2O5/c1-10-6-11(2)8-12(7-10)14(19)22-9-13(18)17-15(20)16-4-5-21-3/h6-8H,4-5,9H2,1-3H3,(H2,16,17,18,20). The van der Waals surface area contributed by atoms with Crippen LogP contribution in [0.1, 0.15) is 21.5 Å². The molecule has 0 heterocycles. The first-order valence-corrected chi connectivity index (χ1v) is 6.74. The van der Waals surface area contributed by atoms with E-state index >= 15 is 0 Å². The number of carbonyl (C=O) groups is 3. The maximum atomic E-state index is 11.8. The summed E-state index contributed by atoms with van der Waals surface area (Å²) in [6.07, 6.45) is 0. The van der Waals surface area contributed by atoms with Crippen LogP contribution in [0.4, 0.5) is 4.79 Å². The summed E-state index contributed by atoms with van der Waals surface area (Å²) in [6, 6.07) is 4.60. The van der Waals surface area contributed by atoms with Crippen molar-refractivity contribution in [2.24, 2.45) is 0 Å². The number of nitrogens with one attached hydrogen (secondary N) is 2. The normalized spacial score (nSPS) is 9.95. The zero-order valence-electron chi connectivity index (χ0n) is 12.9. The molecule has 1 aromatic carbocycles. The van der Waals surface area contributed by atoms with Crippen LogP contribution in [-0.2, 0) is 14.3 Å². The molecular weight excluding hydrogens is 288 g/mol. The van der Waals surface area contributed by atoms with E-state index in [2.05, 4.69) is 5.32 Å². The number of carbonyl (C=O) groups excluding carboxylic acids is 3. The van der Waals surface area contributed by atoms with Gasteiger partial charge in [0.25, 0.3) is 5.91 Å². The number of ether oxygens (including phenoxy) is 2. The second-order valence-electron chi connectivity index (χ2n) is 4.75. The van der Waals surface area contributed by atoms with Crippen LogP contribution in [0, 0.1) is 13.8 Å². The lowest BCUT2D eigenvalue weighted by Gasteiger charge is -2.08. The van der Waals surface area contributed by atoms with E-state index in [0.29, 0.717) is 12.2 Å². The van der Waals surface area contributed by atoms with Gasteiger partial charge in [0, 0.05) is 13.7 Å². The summed E-state index contributed by atoms with van der Waals surface area (Å²) in [7, 11) is 1.50. The van der Waals surface area contributed by atoms with Crippen molar-refractivity contribution in [3.63, 3.8) is 0 Å². The van der Waals surface area contributed by atoms with Gasteiger partial charge in [0.05, 0.1) is 12.2 Å². The van der Waals surface area contributed by atoms with Gasteiger partial charge in [-0.1, -0.05) is 17.2 Å². The van der Waals surface area contributed by atoms with Crippen LogP contribution in [0.25, 0.3) is 0 Å². The van der Waals surface area contributed by atoms with Crippen molar-refractivity contribution in [1.82, 2.24) is 10.6 Å². The molecular formula is C15H20N2O5. The minimum atomic E-state index is -0.701. The summed E-state index contributed by atoms with van der Waals surface area (Å²) in [5.41, 5.74) is 2.22. The lowest BCUT2D eigenvalue weighted by molar-refractivity contribution is -0.123. The maximum Gasteiger partial charge on any atom is 0.338 e. The summed E-state index contributed by atoms with van der Waals surface area (Å²) < 4.78 is 9.62. The van der Waals surface area contributed by atoms with Crippen LogP contribution in [0.5, 0.6) is 0 Å².